The Bertz CT molecular complexity index is 241. The van der Waals surface area contributed by atoms with E-state index in [-0.39, 0.29) is 0 Å². The fourth-order valence-electron chi connectivity index (χ4n) is 0.571. The Balaban J connectivity index is 3.07. The van der Waals surface area contributed by atoms with Gasteiger partial charge in [0.2, 0.25) is 0 Å². The smallest absolute Gasteiger partial charge is 0.161 e. The molecule has 0 amide bonds. The first kappa shape index (κ1) is 7.85. The third-order valence-corrected chi connectivity index (χ3v) is 1.88. The second-order valence-corrected chi connectivity index (χ2v) is 2.98. The van der Waals surface area contributed by atoms with E-state index < -0.39 is 0 Å². The van der Waals surface area contributed by atoms with Crippen molar-refractivity contribution in [3.05, 3.63) is 27.7 Å². The van der Waals surface area contributed by atoms with Gasteiger partial charge >= 0.3 is 0 Å². The minimum Gasteiger partial charge on any atom is -0.410 e. The molecule has 2 N–H and O–H groups in total. The van der Waals surface area contributed by atoms with E-state index in [1.165, 1.54) is 0 Å². The maximum Gasteiger partial charge on any atom is 0.161 e. The summed E-state index contributed by atoms with van der Waals surface area (Å²) >= 11 is 8.87. The van der Waals surface area contributed by atoms with Crippen LogP contribution >= 0.6 is 27.5 Å². The molecule has 1 aromatic carbocycles. The molecule has 0 saturated heterocycles. The molecule has 0 unspecified atom stereocenters. The zero-order chi connectivity index (χ0) is 7.56. The van der Waals surface area contributed by atoms with E-state index >= 15 is 0 Å². The number of nitrogens with two attached hydrogens (primary N) is 1. The summed E-state index contributed by atoms with van der Waals surface area (Å²) in [6.07, 6.45) is 0. The van der Waals surface area contributed by atoms with Crippen LogP contribution in [0.25, 0.3) is 0 Å². The van der Waals surface area contributed by atoms with Crippen molar-refractivity contribution in [3.8, 4) is 5.75 Å². The molecule has 1 rings (SSSR count). The van der Waals surface area contributed by atoms with Crippen molar-refractivity contribution < 1.29 is 4.84 Å². The van der Waals surface area contributed by atoms with Gasteiger partial charge in [-0.3, -0.25) is 0 Å². The summed E-state index contributed by atoms with van der Waals surface area (Å²) in [6, 6.07) is 5.10. The summed E-state index contributed by atoms with van der Waals surface area (Å²) in [5.41, 5.74) is 0. The number of hydrogen-bond acceptors (Lipinski definition) is 2. The lowest BCUT2D eigenvalue weighted by Gasteiger charge is -2.00. The zero-order valence-electron chi connectivity index (χ0n) is 4.97. The van der Waals surface area contributed by atoms with Gasteiger partial charge in [0, 0.05) is 5.02 Å². The van der Waals surface area contributed by atoms with E-state index in [4.69, 9.17) is 17.5 Å². The fraction of sp³-hybridized carbons (Fsp3) is 0. The van der Waals surface area contributed by atoms with Crippen LogP contribution in [-0.4, -0.2) is 0 Å². The van der Waals surface area contributed by atoms with E-state index in [0.29, 0.717) is 10.8 Å². The van der Waals surface area contributed by atoms with Gasteiger partial charge in [0.05, 0.1) is 4.47 Å². The van der Waals surface area contributed by atoms with Gasteiger partial charge in [0.15, 0.2) is 5.75 Å². The molecule has 0 fully saturated rings. The minimum absolute atomic E-state index is 0.574. The summed E-state index contributed by atoms with van der Waals surface area (Å²) in [5, 5.41) is 0.646. The summed E-state index contributed by atoms with van der Waals surface area (Å²) in [5.74, 6) is 5.50. The van der Waals surface area contributed by atoms with Crippen LogP contribution in [-0.2, 0) is 0 Å². The predicted molar refractivity (Wildman–Crippen MR) is 44.0 cm³/mol. The van der Waals surface area contributed by atoms with Gasteiger partial charge in [-0.1, -0.05) is 11.6 Å². The predicted octanol–water partition coefficient (Wildman–Crippen LogP) is 2.36. The molecule has 0 aromatic heterocycles. The van der Waals surface area contributed by atoms with Crippen LogP contribution in [0.1, 0.15) is 0 Å². The quantitative estimate of drug-likeness (QED) is 0.740. The Hall–Kier alpha value is -0.250. The molecule has 54 valence electrons. The monoisotopic (exact) mass is 221 g/mol. The van der Waals surface area contributed by atoms with Crippen LogP contribution < -0.4 is 10.7 Å². The molecule has 2 nitrogen and oxygen atoms in total. The largest absolute Gasteiger partial charge is 0.410 e. The second-order valence-electron chi connectivity index (χ2n) is 1.69. The molecule has 10 heavy (non-hydrogen) atoms. The van der Waals surface area contributed by atoms with Crippen LogP contribution in [0.4, 0.5) is 0 Å². The molecular weight excluding hydrogens is 217 g/mol. The molecule has 0 aliphatic rings. The van der Waals surface area contributed by atoms with Crippen molar-refractivity contribution in [3.63, 3.8) is 0 Å². The highest BCUT2D eigenvalue weighted by Crippen LogP contribution is 2.26. The Morgan fingerprint density at radius 3 is 2.70 bits per heavy atom. The van der Waals surface area contributed by atoms with Gasteiger partial charge in [-0.25, -0.2) is 0 Å². The van der Waals surface area contributed by atoms with E-state index in [1.807, 2.05) is 0 Å². The highest BCUT2D eigenvalue weighted by Gasteiger charge is 1.98. The van der Waals surface area contributed by atoms with Crippen molar-refractivity contribution in [1.29, 1.82) is 0 Å². The first-order valence-corrected chi connectivity index (χ1v) is 3.73. The van der Waals surface area contributed by atoms with Crippen LogP contribution in [0.5, 0.6) is 5.75 Å². The highest BCUT2D eigenvalue weighted by molar-refractivity contribution is 9.10. The van der Waals surface area contributed by atoms with E-state index in [9.17, 15) is 0 Å². The third-order valence-electron chi connectivity index (χ3n) is 1.02. The molecule has 0 bridgehead atoms. The van der Waals surface area contributed by atoms with Gasteiger partial charge in [-0.05, 0) is 34.1 Å². The van der Waals surface area contributed by atoms with Crippen LogP contribution in [0.15, 0.2) is 22.7 Å². The molecule has 0 radical (unpaired) electrons. The van der Waals surface area contributed by atoms with Crippen LogP contribution in [0.3, 0.4) is 0 Å². The standard InChI is InChI=1S/C6H5BrClNO/c7-5-3-4(8)1-2-6(5)10-9/h1-3H,9H2. The normalized spacial score (nSPS) is 9.50. The lowest BCUT2D eigenvalue weighted by molar-refractivity contribution is 0.332. The average Bonchev–Trinajstić information content (AvgIpc) is 1.88. The van der Waals surface area contributed by atoms with E-state index in [2.05, 4.69) is 20.8 Å². The molecule has 0 spiro atoms. The lowest BCUT2D eigenvalue weighted by Crippen LogP contribution is -2.01. The Kier molecular flexibility index (Phi) is 2.54. The van der Waals surface area contributed by atoms with E-state index in [0.717, 1.165) is 4.47 Å². The van der Waals surface area contributed by atoms with Gasteiger partial charge in [0.1, 0.15) is 0 Å². The molecular formula is C6H5BrClNO. The average molecular weight is 222 g/mol. The molecule has 4 heteroatoms. The summed E-state index contributed by atoms with van der Waals surface area (Å²) < 4.78 is 0.752. The molecule has 0 heterocycles. The topological polar surface area (TPSA) is 35.2 Å². The van der Waals surface area contributed by atoms with E-state index in [1.54, 1.807) is 18.2 Å². The summed E-state index contributed by atoms with van der Waals surface area (Å²) in [7, 11) is 0. The van der Waals surface area contributed by atoms with Crippen molar-refractivity contribution in [1.82, 2.24) is 0 Å². The van der Waals surface area contributed by atoms with Gasteiger partial charge in [-0.15, -0.1) is 0 Å². The number of benzene rings is 1. The molecule has 0 saturated carbocycles. The number of hydrogen-bond donors (Lipinski definition) is 1. The van der Waals surface area contributed by atoms with Crippen molar-refractivity contribution >= 4 is 27.5 Å². The SMILES string of the molecule is NOc1ccc(Cl)cc1Br. The fourth-order valence-corrected chi connectivity index (χ4v) is 1.35. The maximum atomic E-state index is 5.65. The number of rotatable bonds is 1. The van der Waals surface area contributed by atoms with Gasteiger partial charge < -0.3 is 4.84 Å². The van der Waals surface area contributed by atoms with Gasteiger partial charge in [-0.2, -0.15) is 5.90 Å². The second kappa shape index (κ2) is 3.23. The molecule has 1 aromatic rings. The van der Waals surface area contributed by atoms with Crippen LogP contribution in [0, 0.1) is 0 Å². The lowest BCUT2D eigenvalue weighted by atomic mass is 10.3. The molecule has 0 atom stereocenters. The van der Waals surface area contributed by atoms with Crippen molar-refractivity contribution in [2.24, 2.45) is 5.90 Å². The highest BCUT2D eigenvalue weighted by atomic mass is 79.9. The molecule has 0 aliphatic carbocycles. The zero-order valence-corrected chi connectivity index (χ0v) is 7.32. The number of halogens is 2. The van der Waals surface area contributed by atoms with Gasteiger partial charge in [0.25, 0.3) is 0 Å². The van der Waals surface area contributed by atoms with Crippen molar-refractivity contribution in [2.75, 3.05) is 0 Å². The Labute approximate surface area is 72.0 Å². The third kappa shape index (κ3) is 1.62. The first-order valence-electron chi connectivity index (χ1n) is 2.56. The minimum atomic E-state index is 0.574. The first-order chi connectivity index (χ1) is 4.74. The summed E-state index contributed by atoms with van der Waals surface area (Å²) in [6.45, 7) is 0. The summed E-state index contributed by atoms with van der Waals surface area (Å²) in [4.78, 5) is 4.49. The van der Waals surface area contributed by atoms with Crippen molar-refractivity contribution in [2.45, 2.75) is 0 Å². The Morgan fingerprint density at radius 1 is 1.50 bits per heavy atom. The maximum absolute atomic E-state index is 5.65. The molecule has 0 aliphatic heterocycles. The Morgan fingerprint density at radius 2 is 2.20 bits per heavy atom. The van der Waals surface area contributed by atoms with Crippen LogP contribution in [0.2, 0.25) is 5.02 Å².